The van der Waals surface area contributed by atoms with Gasteiger partial charge in [-0.2, -0.15) is 5.10 Å². The molecule has 0 bridgehead atoms. The smallest absolute Gasteiger partial charge is 0.262 e. The molecular formula is C17H15ClN4O4S. The third-order valence-corrected chi connectivity index (χ3v) is 4.88. The first-order chi connectivity index (χ1) is 12.8. The summed E-state index contributed by atoms with van der Waals surface area (Å²) in [6.07, 6.45) is 4.00. The van der Waals surface area contributed by atoms with Crippen LogP contribution >= 0.6 is 11.6 Å². The van der Waals surface area contributed by atoms with Gasteiger partial charge < -0.3 is 10.1 Å². The van der Waals surface area contributed by atoms with Crippen molar-refractivity contribution in [3.05, 3.63) is 60.1 Å². The van der Waals surface area contributed by atoms with Crippen LogP contribution in [-0.2, 0) is 14.6 Å². The van der Waals surface area contributed by atoms with E-state index < -0.39 is 15.7 Å². The Bertz CT molecular complexity index is 1050. The van der Waals surface area contributed by atoms with Gasteiger partial charge in [0.1, 0.15) is 18.4 Å². The van der Waals surface area contributed by atoms with Crippen molar-refractivity contribution in [2.45, 2.75) is 4.90 Å². The van der Waals surface area contributed by atoms with Gasteiger partial charge in [-0.25, -0.2) is 18.1 Å². The van der Waals surface area contributed by atoms with Crippen molar-refractivity contribution in [3.63, 3.8) is 0 Å². The van der Waals surface area contributed by atoms with Gasteiger partial charge >= 0.3 is 0 Å². The molecule has 0 radical (unpaired) electrons. The maximum absolute atomic E-state index is 12.2. The van der Waals surface area contributed by atoms with Crippen LogP contribution in [0.5, 0.6) is 5.75 Å². The Hall–Kier alpha value is -2.91. The van der Waals surface area contributed by atoms with Gasteiger partial charge in [0.2, 0.25) is 0 Å². The van der Waals surface area contributed by atoms with Gasteiger partial charge in [0.15, 0.2) is 16.4 Å². The molecule has 0 aliphatic carbocycles. The number of aromatic nitrogens is 3. The number of carbonyl (C=O) groups is 1. The lowest BCUT2D eigenvalue weighted by molar-refractivity contribution is -0.118. The fourth-order valence-electron chi connectivity index (χ4n) is 2.26. The van der Waals surface area contributed by atoms with Gasteiger partial charge in [0.25, 0.3) is 5.91 Å². The van der Waals surface area contributed by atoms with Gasteiger partial charge in [0.05, 0.1) is 16.3 Å². The predicted molar refractivity (Wildman–Crippen MR) is 100 cm³/mol. The standard InChI is InChI=1S/C17H15ClN4O4S/c1-27(24,25)14-5-3-13(4-6-14)26-9-17(23)21-15-8-12(18)2-7-16(15)22-11-19-10-20-22/h2-8,10-11H,9H2,1H3,(H,21,23). The van der Waals surface area contributed by atoms with Crippen molar-refractivity contribution < 1.29 is 17.9 Å². The molecule has 1 heterocycles. The van der Waals surface area contributed by atoms with Crippen LogP contribution in [0.3, 0.4) is 0 Å². The number of sulfone groups is 1. The molecule has 0 spiro atoms. The molecule has 0 fully saturated rings. The highest BCUT2D eigenvalue weighted by molar-refractivity contribution is 7.90. The fourth-order valence-corrected chi connectivity index (χ4v) is 3.06. The van der Waals surface area contributed by atoms with Gasteiger partial charge in [-0.15, -0.1) is 0 Å². The molecule has 0 atom stereocenters. The van der Waals surface area contributed by atoms with E-state index in [2.05, 4.69) is 15.4 Å². The van der Waals surface area contributed by atoms with Gasteiger partial charge in [-0.05, 0) is 42.5 Å². The molecule has 0 saturated heterocycles. The molecule has 0 saturated carbocycles. The zero-order valence-corrected chi connectivity index (χ0v) is 15.7. The zero-order valence-electron chi connectivity index (χ0n) is 14.2. The number of nitrogens with zero attached hydrogens (tertiary/aromatic N) is 3. The minimum atomic E-state index is -3.28. The lowest BCUT2D eigenvalue weighted by Gasteiger charge is -2.12. The Morgan fingerprint density at radius 2 is 1.96 bits per heavy atom. The predicted octanol–water partition coefficient (Wildman–Crippen LogP) is 2.34. The Morgan fingerprint density at radius 3 is 2.59 bits per heavy atom. The number of hydrogen-bond donors (Lipinski definition) is 1. The highest BCUT2D eigenvalue weighted by atomic mass is 35.5. The molecule has 140 valence electrons. The van der Waals surface area contributed by atoms with E-state index in [4.69, 9.17) is 16.3 Å². The number of nitrogens with one attached hydrogen (secondary N) is 1. The topological polar surface area (TPSA) is 103 Å². The van der Waals surface area contributed by atoms with Gasteiger partial charge in [-0.1, -0.05) is 11.6 Å². The van der Waals surface area contributed by atoms with E-state index in [9.17, 15) is 13.2 Å². The number of benzene rings is 2. The van der Waals surface area contributed by atoms with E-state index in [0.29, 0.717) is 22.1 Å². The van der Waals surface area contributed by atoms with E-state index in [0.717, 1.165) is 6.26 Å². The first-order valence-electron chi connectivity index (χ1n) is 7.70. The second kappa shape index (κ2) is 7.77. The Labute approximate surface area is 160 Å². The summed E-state index contributed by atoms with van der Waals surface area (Å²) >= 11 is 6.01. The third kappa shape index (κ3) is 4.83. The molecule has 10 heteroatoms. The monoisotopic (exact) mass is 406 g/mol. The van der Waals surface area contributed by atoms with Crippen molar-refractivity contribution in [2.75, 3.05) is 18.2 Å². The molecule has 3 aromatic rings. The molecule has 1 amide bonds. The molecule has 0 aliphatic rings. The Morgan fingerprint density at radius 1 is 1.22 bits per heavy atom. The molecule has 27 heavy (non-hydrogen) atoms. The minimum absolute atomic E-state index is 0.177. The fraction of sp³-hybridized carbons (Fsp3) is 0.118. The average molecular weight is 407 g/mol. The van der Waals surface area contributed by atoms with Crippen LogP contribution in [0.15, 0.2) is 60.0 Å². The van der Waals surface area contributed by atoms with Crippen LogP contribution in [0.2, 0.25) is 5.02 Å². The van der Waals surface area contributed by atoms with Crippen LogP contribution in [0, 0.1) is 0 Å². The quantitative estimate of drug-likeness (QED) is 0.673. The van der Waals surface area contributed by atoms with Crippen LogP contribution < -0.4 is 10.1 Å². The highest BCUT2D eigenvalue weighted by Gasteiger charge is 2.11. The van der Waals surface area contributed by atoms with Gasteiger partial charge in [0, 0.05) is 11.3 Å². The molecule has 3 rings (SSSR count). The van der Waals surface area contributed by atoms with E-state index >= 15 is 0 Å². The van der Waals surface area contributed by atoms with E-state index in [-0.39, 0.29) is 11.5 Å². The minimum Gasteiger partial charge on any atom is -0.484 e. The number of carbonyl (C=O) groups excluding carboxylic acids is 1. The third-order valence-electron chi connectivity index (χ3n) is 3.52. The lowest BCUT2D eigenvalue weighted by Crippen LogP contribution is -2.21. The molecule has 8 nitrogen and oxygen atoms in total. The zero-order chi connectivity index (χ0) is 19.4. The summed E-state index contributed by atoms with van der Waals surface area (Å²) in [6, 6.07) is 10.8. The van der Waals surface area contributed by atoms with Crippen LogP contribution in [0.4, 0.5) is 5.69 Å². The number of rotatable bonds is 6. The molecule has 1 N–H and O–H groups in total. The lowest BCUT2D eigenvalue weighted by atomic mass is 10.2. The summed E-state index contributed by atoms with van der Waals surface area (Å²) in [7, 11) is -3.28. The van der Waals surface area contributed by atoms with Crippen molar-refractivity contribution in [3.8, 4) is 11.4 Å². The summed E-state index contributed by atoms with van der Waals surface area (Å²) < 4.78 is 29.8. The summed E-state index contributed by atoms with van der Waals surface area (Å²) in [5.74, 6) is -0.0361. The molecular weight excluding hydrogens is 392 g/mol. The summed E-state index contributed by atoms with van der Waals surface area (Å²) in [5, 5.41) is 7.20. The number of hydrogen-bond acceptors (Lipinski definition) is 6. The van der Waals surface area contributed by atoms with Crippen LogP contribution in [-0.4, -0.2) is 42.0 Å². The molecule has 0 aliphatic heterocycles. The second-order valence-electron chi connectivity index (χ2n) is 5.58. The Kier molecular flexibility index (Phi) is 5.43. The normalized spacial score (nSPS) is 11.2. The number of amides is 1. The van der Waals surface area contributed by atoms with Crippen molar-refractivity contribution in [1.82, 2.24) is 14.8 Å². The van der Waals surface area contributed by atoms with E-state index in [1.807, 2.05) is 0 Å². The van der Waals surface area contributed by atoms with Crippen LogP contribution in [0.1, 0.15) is 0 Å². The SMILES string of the molecule is CS(=O)(=O)c1ccc(OCC(=O)Nc2cc(Cl)ccc2-n2cncn2)cc1. The number of anilines is 1. The summed E-state index contributed by atoms with van der Waals surface area (Å²) in [5.41, 5.74) is 1.05. The largest absolute Gasteiger partial charge is 0.484 e. The second-order valence-corrected chi connectivity index (χ2v) is 8.03. The van der Waals surface area contributed by atoms with Crippen molar-refractivity contribution in [1.29, 1.82) is 0 Å². The Balaban J connectivity index is 1.67. The average Bonchev–Trinajstić information content (AvgIpc) is 3.14. The summed E-state index contributed by atoms with van der Waals surface area (Å²) in [6.45, 7) is -0.262. The first kappa shape index (κ1) is 18.9. The van der Waals surface area contributed by atoms with Crippen molar-refractivity contribution in [2.24, 2.45) is 0 Å². The highest BCUT2D eigenvalue weighted by Crippen LogP contribution is 2.24. The van der Waals surface area contributed by atoms with Gasteiger partial charge in [-0.3, -0.25) is 4.79 Å². The summed E-state index contributed by atoms with van der Waals surface area (Å²) in [4.78, 5) is 16.3. The molecule has 1 aromatic heterocycles. The van der Waals surface area contributed by atoms with E-state index in [1.54, 1.807) is 18.2 Å². The molecule has 2 aromatic carbocycles. The van der Waals surface area contributed by atoms with Crippen molar-refractivity contribution >= 4 is 33.0 Å². The number of ether oxygens (including phenoxy) is 1. The number of halogens is 1. The first-order valence-corrected chi connectivity index (χ1v) is 9.97. The van der Waals surface area contributed by atoms with E-state index in [1.165, 1.54) is 41.6 Å². The maximum atomic E-state index is 12.2. The maximum Gasteiger partial charge on any atom is 0.262 e. The molecule has 0 unspecified atom stereocenters. The van der Waals surface area contributed by atoms with Crippen LogP contribution in [0.25, 0.3) is 5.69 Å².